The normalized spacial score (nSPS) is 10.9. The maximum absolute atomic E-state index is 11.6. The van der Waals surface area contributed by atoms with Gasteiger partial charge in [0.2, 0.25) is 11.9 Å². The first kappa shape index (κ1) is 19.4. The Labute approximate surface area is 172 Å². The molecule has 4 aromatic rings. The van der Waals surface area contributed by atoms with E-state index in [1.54, 1.807) is 12.1 Å². The summed E-state index contributed by atoms with van der Waals surface area (Å²) in [6, 6.07) is 14.7. The summed E-state index contributed by atoms with van der Waals surface area (Å²) in [5.41, 5.74) is 8.82. The van der Waals surface area contributed by atoms with Crippen LogP contribution in [0.1, 0.15) is 23.9 Å². The van der Waals surface area contributed by atoms with Crippen molar-refractivity contribution >= 4 is 28.6 Å². The van der Waals surface area contributed by atoms with Crippen LogP contribution in [0.5, 0.6) is 5.75 Å². The minimum atomic E-state index is -0.398. The number of nitrogens with one attached hydrogen (secondary N) is 1. The molecule has 0 amide bonds. The lowest BCUT2D eigenvalue weighted by molar-refractivity contribution is 0.296. The van der Waals surface area contributed by atoms with Crippen LogP contribution < -0.4 is 21.4 Å². The van der Waals surface area contributed by atoms with Crippen molar-refractivity contribution in [3.8, 4) is 5.75 Å². The zero-order chi connectivity index (χ0) is 21.1. The van der Waals surface area contributed by atoms with Gasteiger partial charge in [0, 0.05) is 23.2 Å². The topological polar surface area (TPSA) is 116 Å². The molecule has 8 nitrogen and oxygen atoms in total. The van der Waals surface area contributed by atoms with Gasteiger partial charge >= 0.3 is 5.63 Å². The van der Waals surface area contributed by atoms with Crippen LogP contribution in [-0.2, 0) is 13.0 Å². The number of hydrogen-bond donors (Lipinski definition) is 2. The Balaban J connectivity index is 1.54. The molecule has 0 spiro atoms. The predicted octanol–water partition coefficient (Wildman–Crippen LogP) is 3.75. The van der Waals surface area contributed by atoms with E-state index in [1.807, 2.05) is 37.3 Å². The highest BCUT2D eigenvalue weighted by Gasteiger charge is 2.09. The summed E-state index contributed by atoms with van der Waals surface area (Å²) in [4.78, 5) is 24.3. The number of nitrogens with two attached hydrogens (primary N) is 1. The van der Waals surface area contributed by atoms with Gasteiger partial charge in [-0.1, -0.05) is 25.1 Å². The number of rotatable bonds is 6. The Hall–Kier alpha value is -3.94. The van der Waals surface area contributed by atoms with Gasteiger partial charge in [-0.2, -0.15) is 15.0 Å². The van der Waals surface area contributed by atoms with E-state index in [-0.39, 0.29) is 12.6 Å². The van der Waals surface area contributed by atoms with Crippen LogP contribution in [0.4, 0.5) is 17.6 Å². The Morgan fingerprint density at radius 3 is 2.77 bits per heavy atom. The second-order valence-corrected chi connectivity index (χ2v) is 6.76. The van der Waals surface area contributed by atoms with Gasteiger partial charge in [0.05, 0.1) is 0 Å². The molecule has 0 saturated heterocycles. The molecular formula is C22H21N5O3. The van der Waals surface area contributed by atoms with Gasteiger partial charge in [-0.25, -0.2) is 4.79 Å². The van der Waals surface area contributed by atoms with Crippen molar-refractivity contribution in [2.45, 2.75) is 26.9 Å². The highest BCUT2D eigenvalue weighted by atomic mass is 16.5. The summed E-state index contributed by atoms with van der Waals surface area (Å²) >= 11 is 0. The third-order valence-corrected chi connectivity index (χ3v) is 4.63. The Morgan fingerprint density at radius 1 is 1.10 bits per heavy atom. The fourth-order valence-electron chi connectivity index (χ4n) is 3.17. The van der Waals surface area contributed by atoms with E-state index in [4.69, 9.17) is 14.9 Å². The van der Waals surface area contributed by atoms with Crippen molar-refractivity contribution in [2.24, 2.45) is 0 Å². The van der Waals surface area contributed by atoms with Crippen LogP contribution in [-0.4, -0.2) is 15.0 Å². The first-order chi connectivity index (χ1) is 14.5. The minimum Gasteiger partial charge on any atom is -0.485 e. The summed E-state index contributed by atoms with van der Waals surface area (Å²) in [7, 11) is 0. The molecule has 0 atom stereocenters. The van der Waals surface area contributed by atoms with Gasteiger partial charge in [-0.15, -0.1) is 0 Å². The molecule has 0 aliphatic rings. The minimum absolute atomic E-state index is 0.0817. The van der Waals surface area contributed by atoms with E-state index >= 15 is 0 Å². The number of para-hydroxylation sites is 1. The van der Waals surface area contributed by atoms with Gasteiger partial charge in [0.25, 0.3) is 0 Å². The molecule has 0 bridgehead atoms. The second kappa shape index (κ2) is 8.20. The first-order valence-corrected chi connectivity index (χ1v) is 9.54. The molecule has 0 unspecified atom stereocenters. The molecule has 152 valence electrons. The third-order valence-electron chi connectivity index (χ3n) is 4.63. The molecular weight excluding hydrogens is 382 g/mol. The number of anilines is 3. The average Bonchev–Trinajstić information content (AvgIpc) is 2.72. The number of hydrogen-bond acceptors (Lipinski definition) is 8. The Bertz CT molecular complexity index is 1270. The van der Waals surface area contributed by atoms with Gasteiger partial charge in [-0.3, -0.25) is 0 Å². The van der Waals surface area contributed by atoms with Crippen molar-refractivity contribution in [1.29, 1.82) is 0 Å². The summed E-state index contributed by atoms with van der Waals surface area (Å²) in [6.45, 7) is 4.02. The van der Waals surface area contributed by atoms with E-state index < -0.39 is 5.63 Å². The zero-order valence-corrected chi connectivity index (χ0v) is 16.7. The molecule has 30 heavy (non-hydrogen) atoms. The molecule has 0 radical (unpaired) electrons. The lowest BCUT2D eigenvalue weighted by Gasteiger charge is -2.11. The van der Waals surface area contributed by atoms with Gasteiger partial charge in [0.15, 0.2) is 5.82 Å². The van der Waals surface area contributed by atoms with Crippen LogP contribution in [0.3, 0.4) is 0 Å². The second-order valence-electron chi connectivity index (χ2n) is 6.76. The van der Waals surface area contributed by atoms with Crippen LogP contribution in [0, 0.1) is 6.92 Å². The van der Waals surface area contributed by atoms with E-state index in [2.05, 4.69) is 27.2 Å². The number of ether oxygens (including phenoxy) is 1. The summed E-state index contributed by atoms with van der Waals surface area (Å²) in [5.74, 6) is 1.35. The van der Waals surface area contributed by atoms with Gasteiger partial charge in [0.1, 0.15) is 17.9 Å². The predicted molar refractivity (Wildman–Crippen MR) is 115 cm³/mol. The number of aryl methyl sites for hydroxylation is 2. The van der Waals surface area contributed by atoms with Crippen molar-refractivity contribution in [3.05, 3.63) is 75.9 Å². The number of nitrogen functional groups attached to an aromatic ring is 1. The van der Waals surface area contributed by atoms with Crippen molar-refractivity contribution in [3.63, 3.8) is 0 Å². The molecule has 0 fully saturated rings. The number of benzene rings is 2. The van der Waals surface area contributed by atoms with Gasteiger partial charge in [-0.05, 0) is 42.7 Å². The van der Waals surface area contributed by atoms with Crippen LogP contribution in [0.15, 0.2) is 57.7 Å². The summed E-state index contributed by atoms with van der Waals surface area (Å²) in [5, 5.41) is 4.05. The quantitative estimate of drug-likeness (QED) is 0.468. The molecule has 0 aliphatic heterocycles. The van der Waals surface area contributed by atoms with Crippen molar-refractivity contribution < 1.29 is 9.15 Å². The SMILES string of the molecule is CCc1ccccc1Nc1nc(N)nc(COc2ccc3c(C)cc(=O)oc3c2)n1. The third kappa shape index (κ3) is 4.22. The van der Waals surface area contributed by atoms with E-state index in [9.17, 15) is 4.79 Å². The molecule has 8 heteroatoms. The highest BCUT2D eigenvalue weighted by molar-refractivity contribution is 5.81. The fourth-order valence-corrected chi connectivity index (χ4v) is 3.17. The zero-order valence-electron chi connectivity index (χ0n) is 16.7. The van der Waals surface area contributed by atoms with E-state index in [0.29, 0.717) is 23.1 Å². The smallest absolute Gasteiger partial charge is 0.336 e. The average molecular weight is 403 g/mol. The maximum Gasteiger partial charge on any atom is 0.336 e. The highest BCUT2D eigenvalue weighted by Crippen LogP contribution is 2.23. The Kier molecular flexibility index (Phi) is 5.30. The maximum atomic E-state index is 11.6. The van der Waals surface area contributed by atoms with Crippen LogP contribution in [0.25, 0.3) is 11.0 Å². The lowest BCUT2D eigenvalue weighted by Crippen LogP contribution is -2.10. The molecule has 0 saturated carbocycles. The molecule has 2 heterocycles. The number of aromatic nitrogens is 3. The first-order valence-electron chi connectivity index (χ1n) is 9.54. The molecule has 2 aromatic carbocycles. The molecule has 4 rings (SSSR count). The van der Waals surface area contributed by atoms with Gasteiger partial charge < -0.3 is 20.2 Å². The standard InChI is InChI=1S/C22H21N5O3/c1-3-14-6-4-5-7-17(14)24-22-26-19(25-21(23)27-22)12-29-15-8-9-16-13(2)10-20(28)30-18(16)11-15/h4-11H,3,12H2,1-2H3,(H3,23,24,25,26,27). The molecule has 0 aliphatic carbocycles. The van der Waals surface area contributed by atoms with Crippen LogP contribution in [0.2, 0.25) is 0 Å². The summed E-state index contributed by atoms with van der Waals surface area (Å²) < 4.78 is 11.0. The monoisotopic (exact) mass is 403 g/mol. The van der Waals surface area contributed by atoms with Crippen LogP contribution >= 0.6 is 0 Å². The molecule has 2 aromatic heterocycles. The fraction of sp³-hybridized carbons (Fsp3) is 0.182. The van der Waals surface area contributed by atoms with E-state index in [0.717, 1.165) is 28.6 Å². The summed E-state index contributed by atoms with van der Waals surface area (Å²) in [6.07, 6.45) is 0.872. The lowest BCUT2D eigenvalue weighted by atomic mass is 10.1. The van der Waals surface area contributed by atoms with Crippen molar-refractivity contribution in [1.82, 2.24) is 15.0 Å². The Morgan fingerprint density at radius 2 is 1.93 bits per heavy atom. The number of nitrogens with zero attached hydrogens (tertiary/aromatic N) is 3. The largest absolute Gasteiger partial charge is 0.485 e. The van der Waals surface area contributed by atoms with Crippen molar-refractivity contribution in [2.75, 3.05) is 11.1 Å². The number of fused-ring (bicyclic) bond motifs is 1. The molecule has 3 N–H and O–H groups in total. The van der Waals surface area contributed by atoms with E-state index in [1.165, 1.54) is 6.07 Å².